The monoisotopic (exact) mass is 466 g/mol. The van der Waals surface area contributed by atoms with Crippen LogP contribution < -0.4 is 10.2 Å². The fourth-order valence-corrected chi connectivity index (χ4v) is 7.10. The van der Waals surface area contributed by atoms with Crippen LogP contribution in [-0.2, 0) is 4.79 Å². The minimum absolute atomic E-state index is 0.140. The predicted molar refractivity (Wildman–Crippen MR) is 140 cm³/mol. The van der Waals surface area contributed by atoms with Crippen LogP contribution in [0.5, 0.6) is 5.75 Å². The Hall–Kier alpha value is -1.84. The van der Waals surface area contributed by atoms with Crippen LogP contribution >= 0.6 is 0 Å². The molecule has 4 fully saturated rings. The van der Waals surface area contributed by atoms with E-state index in [0.717, 1.165) is 61.4 Å². The molecule has 0 aliphatic heterocycles. The number of rotatable bonds is 15. The summed E-state index contributed by atoms with van der Waals surface area (Å²) in [6.07, 6.45) is 22.4. The molecule has 1 amide bonds. The highest BCUT2D eigenvalue weighted by Gasteiger charge is 2.54. The van der Waals surface area contributed by atoms with Crippen LogP contribution in [0, 0.1) is 23.2 Å². The normalized spacial score (nSPS) is 27.4. The average molecular weight is 467 g/mol. The van der Waals surface area contributed by atoms with Crippen molar-refractivity contribution >= 4 is 12.1 Å². The average Bonchev–Trinajstić information content (AvgIpc) is 2.82. The van der Waals surface area contributed by atoms with E-state index in [9.17, 15) is 4.79 Å². The number of amides is 1. The predicted octanol–water partition coefficient (Wildman–Crippen LogP) is 7.65. The Morgan fingerprint density at radius 3 is 1.97 bits per heavy atom. The van der Waals surface area contributed by atoms with Crippen molar-refractivity contribution in [3.63, 3.8) is 0 Å². The number of hydrogen-bond acceptors (Lipinski definition) is 3. The van der Waals surface area contributed by atoms with Gasteiger partial charge < -0.3 is 4.74 Å². The van der Waals surface area contributed by atoms with E-state index in [2.05, 4.69) is 17.5 Å². The summed E-state index contributed by atoms with van der Waals surface area (Å²) in [5.41, 5.74) is 3.72. The van der Waals surface area contributed by atoms with E-state index >= 15 is 0 Å². The molecule has 0 spiro atoms. The molecule has 0 unspecified atom stereocenters. The summed E-state index contributed by atoms with van der Waals surface area (Å²) in [6, 6.07) is 8.01. The van der Waals surface area contributed by atoms with Gasteiger partial charge in [-0.1, -0.05) is 64.7 Å². The van der Waals surface area contributed by atoms with Crippen molar-refractivity contribution in [1.82, 2.24) is 5.43 Å². The van der Waals surface area contributed by atoms with Gasteiger partial charge >= 0.3 is 0 Å². The smallest absolute Gasteiger partial charge is 0.246 e. The second-order valence-electron chi connectivity index (χ2n) is 11.5. The second-order valence-corrected chi connectivity index (χ2v) is 11.5. The van der Waals surface area contributed by atoms with Gasteiger partial charge in [0, 0.05) is 0 Å². The van der Waals surface area contributed by atoms with E-state index < -0.39 is 0 Å². The van der Waals surface area contributed by atoms with Gasteiger partial charge in [-0.2, -0.15) is 5.10 Å². The first-order valence-electron chi connectivity index (χ1n) is 14.2. The van der Waals surface area contributed by atoms with Crippen LogP contribution in [0.15, 0.2) is 29.4 Å². The van der Waals surface area contributed by atoms with Crippen LogP contribution in [0.4, 0.5) is 0 Å². The summed E-state index contributed by atoms with van der Waals surface area (Å²) in [5.74, 6) is 3.38. The SMILES string of the molecule is CCCCCCCCCCCCOc1ccc(/C=N\NC(=O)C23CC4CC(CC(C4)C2)C3)cc1. The minimum atomic E-state index is -0.140. The molecule has 0 aromatic heterocycles. The van der Waals surface area contributed by atoms with E-state index in [0.29, 0.717) is 0 Å². The summed E-state index contributed by atoms with van der Waals surface area (Å²) in [7, 11) is 0. The van der Waals surface area contributed by atoms with Crippen LogP contribution in [0.1, 0.15) is 115 Å². The van der Waals surface area contributed by atoms with Crippen molar-refractivity contribution in [2.75, 3.05) is 6.61 Å². The molecule has 4 saturated carbocycles. The molecule has 4 heteroatoms. The quantitative estimate of drug-likeness (QED) is 0.164. The topological polar surface area (TPSA) is 50.7 Å². The van der Waals surface area contributed by atoms with E-state index in [1.807, 2.05) is 24.3 Å². The fourth-order valence-electron chi connectivity index (χ4n) is 7.10. The van der Waals surface area contributed by atoms with Crippen molar-refractivity contribution < 1.29 is 9.53 Å². The molecule has 4 nitrogen and oxygen atoms in total. The van der Waals surface area contributed by atoms with Gasteiger partial charge in [0.15, 0.2) is 0 Å². The van der Waals surface area contributed by atoms with Gasteiger partial charge in [-0.15, -0.1) is 0 Å². The molecule has 188 valence electrons. The fraction of sp³-hybridized carbons (Fsp3) is 0.733. The number of benzene rings is 1. The number of hydrogen-bond donors (Lipinski definition) is 1. The summed E-state index contributed by atoms with van der Waals surface area (Å²) >= 11 is 0. The van der Waals surface area contributed by atoms with Crippen molar-refractivity contribution in [2.24, 2.45) is 28.3 Å². The Morgan fingerprint density at radius 2 is 1.41 bits per heavy atom. The molecule has 0 atom stereocenters. The first kappa shape index (κ1) is 25.3. The molecule has 0 heterocycles. The lowest BCUT2D eigenvalue weighted by Crippen LogP contribution is -2.52. The zero-order chi connectivity index (χ0) is 23.6. The number of hydrazone groups is 1. The van der Waals surface area contributed by atoms with Crippen molar-refractivity contribution in [3.8, 4) is 5.75 Å². The maximum absolute atomic E-state index is 13.0. The van der Waals surface area contributed by atoms with Crippen molar-refractivity contribution in [1.29, 1.82) is 0 Å². The third-order valence-electron chi connectivity index (χ3n) is 8.55. The summed E-state index contributed by atoms with van der Waals surface area (Å²) < 4.78 is 5.90. The molecule has 4 aliphatic rings. The number of nitrogens with one attached hydrogen (secondary N) is 1. The number of ether oxygens (including phenoxy) is 1. The highest BCUT2D eigenvalue weighted by Crippen LogP contribution is 2.60. The lowest BCUT2D eigenvalue weighted by Gasteiger charge is -2.55. The van der Waals surface area contributed by atoms with Crippen LogP contribution in [0.2, 0.25) is 0 Å². The standard InChI is InChI=1S/C30H46N2O2/c1-2-3-4-5-6-7-8-9-10-11-16-34-28-14-12-24(13-15-28)23-31-32-29(33)30-20-25-17-26(21-30)19-27(18-25)22-30/h12-15,23,25-27H,2-11,16-22H2,1H3,(H,32,33)/b31-23-. The summed E-state index contributed by atoms with van der Waals surface area (Å²) in [4.78, 5) is 13.0. The van der Waals surface area contributed by atoms with E-state index in [1.165, 1.54) is 77.0 Å². The van der Waals surface area contributed by atoms with E-state index in [4.69, 9.17) is 4.74 Å². The van der Waals surface area contributed by atoms with Gasteiger partial charge in [-0.3, -0.25) is 4.79 Å². The summed E-state index contributed by atoms with van der Waals surface area (Å²) in [6.45, 7) is 3.06. The molecule has 5 rings (SSSR count). The zero-order valence-corrected chi connectivity index (χ0v) is 21.4. The molecule has 4 bridgehead atoms. The Morgan fingerprint density at radius 1 is 0.882 bits per heavy atom. The van der Waals surface area contributed by atoms with Crippen LogP contribution in [-0.4, -0.2) is 18.7 Å². The van der Waals surface area contributed by atoms with Gasteiger partial charge in [-0.05, 0) is 92.5 Å². The molecule has 1 aromatic rings. The highest BCUT2D eigenvalue weighted by molar-refractivity contribution is 5.85. The molecule has 1 aromatic carbocycles. The van der Waals surface area contributed by atoms with Crippen molar-refractivity contribution in [3.05, 3.63) is 29.8 Å². The Labute approximate surface area is 207 Å². The van der Waals surface area contributed by atoms with Gasteiger partial charge in [0.25, 0.3) is 0 Å². The van der Waals surface area contributed by atoms with Gasteiger partial charge in [0.2, 0.25) is 5.91 Å². The van der Waals surface area contributed by atoms with E-state index in [1.54, 1.807) is 6.21 Å². The highest BCUT2D eigenvalue weighted by atomic mass is 16.5. The molecule has 4 aliphatic carbocycles. The maximum Gasteiger partial charge on any atom is 0.246 e. The number of carbonyl (C=O) groups excluding carboxylic acids is 1. The molecule has 1 N–H and O–H groups in total. The maximum atomic E-state index is 13.0. The van der Waals surface area contributed by atoms with Crippen LogP contribution in [0.25, 0.3) is 0 Å². The summed E-state index contributed by atoms with van der Waals surface area (Å²) in [5, 5.41) is 4.29. The van der Waals surface area contributed by atoms with E-state index in [-0.39, 0.29) is 11.3 Å². The molecule has 0 radical (unpaired) electrons. The second kappa shape index (κ2) is 12.7. The minimum Gasteiger partial charge on any atom is -0.494 e. The number of carbonyl (C=O) groups is 1. The first-order valence-corrected chi connectivity index (χ1v) is 14.2. The largest absolute Gasteiger partial charge is 0.494 e. The Balaban J connectivity index is 1.08. The lowest BCUT2D eigenvalue weighted by molar-refractivity contribution is -0.146. The number of unbranched alkanes of at least 4 members (excludes halogenated alkanes) is 9. The van der Waals surface area contributed by atoms with Gasteiger partial charge in [0.05, 0.1) is 18.2 Å². The number of nitrogens with zero attached hydrogens (tertiary/aromatic N) is 1. The Bertz CT molecular complexity index is 750. The first-order chi connectivity index (χ1) is 16.7. The molecular weight excluding hydrogens is 420 g/mol. The zero-order valence-electron chi connectivity index (χ0n) is 21.4. The van der Waals surface area contributed by atoms with Gasteiger partial charge in [0.1, 0.15) is 5.75 Å². The molecule has 0 saturated heterocycles. The third kappa shape index (κ3) is 7.09. The third-order valence-corrected chi connectivity index (χ3v) is 8.55. The molecular formula is C30H46N2O2. The van der Waals surface area contributed by atoms with Crippen LogP contribution in [0.3, 0.4) is 0 Å². The lowest BCUT2D eigenvalue weighted by atomic mass is 9.49. The van der Waals surface area contributed by atoms with Crippen molar-refractivity contribution in [2.45, 2.75) is 110 Å². The Kier molecular flexibility index (Phi) is 9.47. The molecule has 34 heavy (non-hydrogen) atoms. The van der Waals surface area contributed by atoms with Gasteiger partial charge in [-0.25, -0.2) is 5.43 Å².